The number of anilines is 1. The SMILES string of the molecule is Nc1c2ccn3c2nc[n+]1[C@@H]1O[C@H](COP(=O)([O-])OP(=O)(O)OC[C@H]2O[C@@H]3C[C@@H]2O)[C@@H](O)[C@H]1O. The van der Waals surface area contributed by atoms with E-state index in [9.17, 15) is 34.2 Å². The molecule has 6 heterocycles. The molecule has 2 saturated heterocycles. The van der Waals surface area contributed by atoms with Crippen molar-refractivity contribution in [2.45, 2.75) is 49.4 Å². The highest BCUT2D eigenvalue weighted by molar-refractivity contribution is 7.60. The van der Waals surface area contributed by atoms with Gasteiger partial charge in [0.15, 0.2) is 0 Å². The number of nitrogens with two attached hydrogens (primary N) is 1. The number of fused-ring (bicyclic) bond motifs is 7. The van der Waals surface area contributed by atoms with Gasteiger partial charge in [-0.3, -0.25) is 13.7 Å². The van der Waals surface area contributed by atoms with Crippen LogP contribution in [0.3, 0.4) is 0 Å². The fourth-order valence-electron chi connectivity index (χ4n) is 4.17. The Morgan fingerprint density at radius 1 is 1.15 bits per heavy atom. The van der Waals surface area contributed by atoms with Crippen molar-refractivity contribution in [3.05, 3.63) is 18.6 Å². The van der Waals surface area contributed by atoms with Crippen molar-refractivity contribution in [1.82, 2.24) is 9.55 Å². The van der Waals surface area contributed by atoms with Gasteiger partial charge in [0.25, 0.3) is 7.82 Å². The number of aliphatic hydroxyl groups excluding tert-OH is 3. The summed E-state index contributed by atoms with van der Waals surface area (Å²) in [4.78, 5) is 26.2. The van der Waals surface area contributed by atoms with Gasteiger partial charge in [-0.2, -0.15) is 0 Å². The maximum atomic E-state index is 12.1. The number of ether oxygens (including phenoxy) is 2. The van der Waals surface area contributed by atoms with Crippen LogP contribution in [0, 0.1) is 0 Å². The third-order valence-corrected chi connectivity index (χ3v) is 8.44. The van der Waals surface area contributed by atoms with Gasteiger partial charge in [-0.25, -0.2) is 13.4 Å². The van der Waals surface area contributed by atoms with Gasteiger partial charge >= 0.3 is 7.82 Å². The second-order valence-corrected chi connectivity index (χ2v) is 11.1. The minimum Gasteiger partial charge on any atom is -0.756 e. The molecule has 2 unspecified atom stereocenters. The van der Waals surface area contributed by atoms with Crippen molar-refractivity contribution in [3.63, 3.8) is 0 Å². The third-order valence-electron chi connectivity index (χ3n) is 5.87. The van der Waals surface area contributed by atoms with Crippen LogP contribution >= 0.6 is 15.6 Å². The molecule has 2 aromatic heterocycles. The van der Waals surface area contributed by atoms with E-state index < -0.39 is 71.8 Å². The van der Waals surface area contributed by atoms with E-state index in [0.717, 1.165) is 0 Å². The van der Waals surface area contributed by atoms with Gasteiger partial charge in [0.05, 0.1) is 19.3 Å². The molecule has 8 bridgehead atoms. The fraction of sp³-hybridized carbons (Fsp3) is 0.625. The van der Waals surface area contributed by atoms with Crippen LogP contribution in [0.1, 0.15) is 18.9 Å². The van der Waals surface area contributed by atoms with Crippen LogP contribution in [-0.4, -0.2) is 73.5 Å². The molecule has 0 spiro atoms. The van der Waals surface area contributed by atoms with E-state index in [1.165, 1.54) is 10.9 Å². The minimum atomic E-state index is -5.43. The van der Waals surface area contributed by atoms with Crippen LogP contribution in [0.15, 0.2) is 18.6 Å². The molecular formula is C16H22N4O12P2. The van der Waals surface area contributed by atoms with E-state index >= 15 is 0 Å². The quantitative estimate of drug-likeness (QED) is 0.182. The minimum absolute atomic E-state index is 0.0619. The van der Waals surface area contributed by atoms with Crippen LogP contribution in [0.25, 0.3) is 11.0 Å². The highest BCUT2D eigenvalue weighted by Crippen LogP contribution is 2.58. The van der Waals surface area contributed by atoms with Crippen LogP contribution in [-0.2, 0) is 32.0 Å². The predicted octanol–water partition coefficient (Wildman–Crippen LogP) is -2.19. The molecule has 6 N–H and O–H groups in total. The average molecular weight is 524 g/mol. The summed E-state index contributed by atoms with van der Waals surface area (Å²) in [6.07, 6.45) is -5.77. The Kier molecular flexibility index (Phi) is 6.08. The second kappa shape index (κ2) is 8.55. The number of nitrogen functional groups attached to an aromatic ring is 1. The molecule has 188 valence electrons. The highest BCUT2D eigenvalue weighted by Gasteiger charge is 2.47. The van der Waals surface area contributed by atoms with Crippen molar-refractivity contribution >= 4 is 32.5 Å². The third kappa shape index (κ3) is 4.30. The van der Waals surface area contributed by atoms with Gasteiger partial charge in [0, 0.05) is 12.6 Å². The van der Waals surface area contributed by atoms with Crippen molar-refractivity contribution in [3.8, 4) is 0 Å². The summed E-state index contributed by atoms with van der Waals surface area (Å²) in [5.74, 6) is 0.125. The molecule has 34 heavy (non-hydrogen) atoms. The van der Waals surface area contributed by atoms with Gasteiger partial charge in [-0.15, -0.1) is 0 Å². The fourth-order valence-corrected chi connectivity index (χ4v) is 6.22. The summed E-state index contributed by atoms with van der Waals surface area (Å²) in [6, 6.07) is 1.63. The molecule has 18 heteroatoms. The Bertz CT molecular complexity index is 1190. The van der Waals surface area contributed by atoms with E-state index in [-0.39, 0.29) is 12.2 Å². The number of aromatic nitrogens is 3. The Labute approximate surface area is 191 Å². The molecule has 2 aromatic rings. The number of nitrogens with zero attached hydrogens (tertiary/aromatic N) is 3. The maximum Gasteiger partial charge on any atom is 0.478 e. The monoisotopic (exact) mass is 524 g/mol. The van der Waals surface area contributed by atoms with Crippen LogP contribution in [0.2, 0.25) is 0 Å². The predicted molar refractivity (Wildman–Crippen MR) is 105 cm³/mol. The first-order chi connectivity index (χ1) is 16.0. The maximum absolute atomic E-state index is 12.1. The van der Waals surface area contributed by atoms with Gasteiger partial charge in [-0.05, 0) is 6.07 Å². The van der Waals surface area contributed by atoms with Crippen molar-refractivity contribution in [2.75, 3.05) is 18.9 Å². The first kappa shape index (κ1) is 24.2. The van der Waals surface area contributed by atoms with Crippen molar-refractivity contribution in [1.29, 1.82) is 0 Å². The Hall–Kier alpha value is -1.52. The Morgan fingerprint density at radius 3 is 2.65 bits per heavy atom. The van der Waals surface area contributed by atoms with Gasteiger partial charge in [-0.1, -0.05) is 4.98 Å². The number of hydrogen-bond donors (Lipinski definition) is 5. The molecule has 0 saturated carbocycles. The summed E-state index contributed by atoms with van der Waals surface area (Å²) in [5.41, 5.74) is 6.65. The number of hydrogen-bond acceptors (Lipinski definition) is 13. The van der Waals surface area contributed by atoms with Crippen LogP contribution in [0.5, 0.6) is 0 Å². The van der Waals surface area contributed by atoms with Crippen molar-refractivity contribution in [2.24, 2.45) is 0 Å². The van der Waals surface area contributed by atoms with Crippen LogP contribution in [0.4, 0.5) is 5.82 Å². The number of phosphoric acid groups is 2. The molecule has 0 radical (unpaired) electrons. The Balaban J connectivity index is 1.55. The lowest BCUT2D eigenvalue weighted by Gasteiger charge is -2.26. The number of rotatable bonds is 0. The van der Waals surface area contributed by atoms with E-state index in [1.54, 1.807) is 16.8 Å². The smallest absolute Gasteiger partial charge is 0.478 e. The van der Waals surface area contributed by atoms with Gasteiger partial charge in [0.1, 0.15) is 36.0 Å². The normalized spacial score (nSPS) is 43.4. The molecule has 0 aromatic carbocycles. The highest BCUT2D eigenvalue weighted by atomic mass is 31.3. The summed E-state index contributed by atoms with van der Waals surface area (Å²) in [5, 5.41) is 31.6. The molecule has 6 rings (SSSR count). The lowest BCUT2D eigenvalue weighted by Crippen LogP contribution is -2.48. The lowest BCUT2D eigenvalue weighted by molar-refractivity contribution is -0.754. The average Bonchev–Trinajstić information content (AvgIpc) is 3.42. The zero-order valence-corrected chi connectivity index (χ0v) is 19.1. The molecule has 4 aliphatic rings. The molecule has 16 nitrogen and oxygen atoms in total. The molecule has 0 amide bonds. The van der Waals surface area contributed by atoms with E-state index in [4.69, 9.17) is 19.7 Å². The van der Waals surface area contributed by atoms with Gasteiger partial charge in [0.2, 0.25) is 24.0 Å². The largest absolute Gasteiger partial charge is 0.756 e. The standard InChI is InChI=1S/C16H22N4O12P2/c17-14-7-1-2-19-11-3-8(21)9(30-11)4-28-33(24,25)32-34(26,27)29-5-10-12(22)13(23)16(31-10)20(14)6-18-15(7)19/h1-2,6,8-13,16-17,21-23H,3-5H2,(H2,24,25,26,27)/t8-,9+,10+,11+,12+,13+,16+/m0/s1. The summed E-state index contributed by atoms with van der Waals surface area (Å²) >= 11 is 0. The van der Waals surface area contributed by atoms with E-state index in [2.05, 4.69) is 13.8 Å². The van der Waals surface area contributed by atoms with Gasteiger partial charge < -0.3 is 44.8 Å². The zero-order valence-electron chi connectivity index (χ0n) is 17.3. The first-order valence-corrected chi connectivity index (χ1v) is 13.1. The number of phosphoric ester groups is 2. The van der Waals surface area contributed by atoms with E-state index in [0.29, 0.717) is 11.0 Å². The Morgan fingerprint density at radius 2 is 1.88 bits per heavy atom. The summed E-state index contributed by atoms with van der Waals surface area (Å²) < 4.78 is 51.7. The second-order valence-electron chi connectivity index (χ2n) is 8.06. The molecule has 9 atom stereocenters. The van der Waals surface area contributed by atoms with Crippen LogP contribution < -0.4 is 15.2 Å². The summed E-state index contributed by atoms with van der Waals surface area (Å²) in [7, 11) is -10.6. The zero-order chi connectivity index (χ0) is 24.4. The molecule has 4 aliphatic heterocycles. The topological polar surface area (TPSA) is 232 Å². The summed E-state index contributed by atoms with van der Waals surface area (Å²) in [6.45, 7) is -1.52. The molecule has 0 aliphatic carbocycles. The number of aliphatic hydroxyl groups is 3. The first-order valence-electron chi connectivity index (χ1n) is 10.1. The van der Waals surface area contributed by atoms with Crippen molar-refractivity contribution < 1.29 is 61.6 Å². The molecule has 2 fully saturated rings. The molecular weight excluding hydrogens is 502 g/mol. The van der Waals surface area contributed by atoms with E-state index in [1.807, 2.05) is 0 Å². The lowest BCUT2D eigenvalue weighted by atomic mass is 10.1.